The molecule has 1 unspecified atom stereocenters. The maximum absolute atomic E-state index is 12.4. The average Bonchev–Trinajstić information content (AvgIpc) is 2.55. The molecule has 0 saturated carbocycles. The first-order valence-electron chi connectivity index (χ1n) is 7.96. The third-order valence-electron chi connectivity index (χ3n) is 4.03. The Kier molecular flexibility index (Phi) is 5.95. The summed E-state index contributed by atoms with van der Waals surface area (Å²) in [7, 11) is -3.52. The van der Waals surface area contributed by atoms with E-state index in [1.54, 1.807) is 19.1 Å². The molecule has 0 bridgehead atoms. The SMILES string of the molecule is CCNS(=O)(=O)c1ccc(CC(=O)N2CCCCC2C(=O)O)cc1. The van der Waals surface area contributed by atoms with Gasteiger partial charge in [0.15, 0.2) is 0 Å². The first kappa shape index (κ1) is 18.4. The minimum absolute atomic E-state index is 0.0608. The van der Waals surface area contributed by atoms with Gasteiger partial charge in [0, 0.05) is 13.1 Å². The molecule has 8 heteroatoms. The molecule has 7 nitrogen and oxygen atoms in total. The van der Waals surface area contributed by atoms with Gasteiger partial charge in [-0.1, -0.05) is 19.1 Å². The van der Waals surface area contributed by atoms with Crippen molar-refractivity contribution in [3.63, 3.8) is 0 Å². The van der Waals surface area contributed by atoms with Gasteiger partial charge in [-0.3, -0.25) is 4.79 Å². The second-order valence-corrected chi connectivity index (χ2v) is 7.53. The number of carboxylic acid groups (broad SMARTS) is 1. The zero-order chi connectivity index (χ0) is 17.7. The molecule has 1 amide bonds. The highest BCUT2D eigenvalue weighted by Crippen LogP contribution is 2.19. The molecule has 0 radical (unpaired) electrons. The maximum atomic E-state index is 12.4. The van der Waals surface area contributed by atoms with Crippen LogP contribution in [0.5, 0.6) is 0 Å². The highest BCUT2D eigenvalue weighted by Gasteiger charge is 2.31. The van der Waals surface area contributed by atoms with Gasteiger partial charge in [-0.2, -0.15) is 0 Å². The number of carbonyl (C=O) groups excluding carboxylic acids is 1. The number of nitrogens with one attached hydrogen (secondary N) is 1. The number of carbonyl (C=O) groups is 2. The highest BCUT2D eigenvalue weighted by molar-refractivity contribution is 7.89. The van der Waals surface area contributed by atoms with Gasteiger partial charge in [0.1, 0.15) is 6.04 Å². The van der Waals surface area contributed by atoms with E-state index in [-0.39, 0.29) is 17.2 Å². The van der Waals surface area contributed by atoms with Crippen LogP contribution in [-0.2, 0) is 26.0 Å². The summed E-state index contributed by atoms with van der Waals surface area (Å²) in [6.07, 6.45) is 2.14. The number of carboxylic acids is 1. The number of rotatable bonds is 6. The van der Waals surface area contributed by atoms with Crippen LogP contribution in [0, 0.1) is 0 Å². The van der Waals surface area contributed by atoms with E-state index in [0.29, 0.717) is 25.1 Å². The second kappa shape index (κ2) is 7.76. The number of amides is 1. The lowest BCUT2D eigenvalue weighted by atomic mass is 10.0. The Morgan fingerprint density at radius 1 is 1.25 bits per heavy atom. The molecule has 1 aliphatic rings. The Morgan fingerprint density at radius 3 is 2.50 bits per heavy atom. The number of likely N-dealkylation sites (tertiary alicyclic amines) is 1. The van der Waals surface area contributed by atoms with Crippen molar-refractivity contribution in [3.05, 3.63) is 29.8 Å². The molecule has 1 aromatic carbocycles. The lowest BCUT2D eigenvalue weighted by Crippen LogP contribution is -2.48. The monoisotopic (exact) mass is 354 g/mol. The summed E-state index contributed by atoms with van der Waals surface area (Å²) < 4.78 is 26.2. The third-order valence-corrected chi connectivity index (χ3v) is 5.59. The summed E-state index contributed by atoms with van der Waals surface area (Å²) in [4.78, 5) is 25.2. The molecular formula is C16H22N2O5S. The van der Waals surface area contributed by atoms with Gasteiger partial charge in [0.25, 0.3) is 0 Å². The second-order valence-electron chi connectivity index (χ2n) is 5.76. The summed E-state index contributed by atoms with van der Waals surface area (Å²) in [5.74, 6) is -1.22. The molecular weight excluding hydrogens is 332 g/mol. The van der Waals surface area contributed by atoms with Gasteiger partial charge in [-0.15, -0.1) is 0 Å². The van der Waals surface area contributed by atoms with E-state index in [2.05, 4.69) is 4.72 Å². The minimum Gasteiger partial charge on any atom is -0.480 e. The lowest BCUT2D eigenvalue weighted by molar-refractivity contribution is -0.151. The third kappa shape index (κ3) is 4.33. The van der Waals surface area contributed by atoms with Crippen molar-refractivity contribution in [2.75, 3.05) is 13.1 Å². The largest absolute Gasteiger partial charge is 0.480 e. The van der Waals surface area contributed by atoms with Crippen LogP contribution in [0.25, 0.3) is 0 Å². The number of benzene rings is 1. The molecule has 2 N–H and O–H groups in total. The summed E-state index contributed by atoms with van der Waals surface area (Å²) in [6.45, 7) is 2.44. The molecule has 1 atom stereocenters. The number of hydrogen-bond acceptors (Lipinski definition) is 4. The fraction of sp³-hybridized carbons (Fsp3) is 0.500. The lowest BCUT2D eigenvalue weighted by Gasteiger charge is -2.33. The van der Waals surface area contributed by atoms with Gasteiger partial charge < -0.3 is 10.0 Å². The molecule has 2 rings (SSSR count). The van der Waals surface area contributed by atoms with Crippen molar-refractivity contribution in [1.82, 2.24) is 9.62 Å². The van der Waals surface area contributed by atoms with Crippen molar-refractivity contribution in [2.45, 2.75) is 43.5 Å². The predicted molar refractivity (Wildman–Crippen MR) is 88.0 cm³/mol. The van der Waals surface area contributed by atoms with Gasteiger partial charge in [0.05, 0.1) is 11.3 Å². The minimum atomic E-state index is -3.52. The summed E-state index contributed by atoms with van der Waals surface area (Å²) in [5, 5.41) is 9.23. The van der Waals surface area contributed by atoms with Crippen molar-refractivity contribution >= 4 is 21.9 Å². The van der Waals surface area contributed by atoms with Crippen LogP contribution in [-0.4, -0.2) is 49.4 Å². The van der Waals surface area contributed by atoms with E-state index >= 15 is 0 Å². The standard InChI is InChI=1S/C16H22N2O5S/c1-2-17-24(22,23)13-8-6-12(7-9-13)11-15(19)18-10-4-3-5-14(18)16(20)21/h6-9,14,17H,2-5,10-11H2,1H3,(H,20,21). The van der Waals surface area contributed by atoms with Gasteiger partial charge in [-0.25, -0.2) is 17.9 Å². The van der Waals surface area contributed by atoms with Gasteiger partial charge in [0.2, 0.25) is 15.9 Å². The normalized spacial score (nSPS) is 18.4. The van der Waals surface area contributed by atoms with Gasteiger partial charge in [-0.05, 0) is 37.0 Å². The molecule has 132 valence electrons. The quantitative estimate of drug-likeness (QED) is 0.793. The van der Waals surface area contributed by atoms with Crippen LogP contribution in [0.4, 0.5) is 0 Å². The van der Waals surface area contributed by atoms with Crippen LogP contribution >= 0.6 is 0 Å². The van der Waals surface area contributed by atoms with Gasteiger partial charge >= 0.3 is 5.97 Å². The van der Waals surface area contributed by atoms with Crippen molar-refractivity contribution in [3.8, 4) is 0 Å². The van der Waals surface area contributed by atoms with Crippen LogP contribution in [0.3, 0.4) is 0 Å². The molecule has 1 aliphatic heterocycles. The smallest absolute Gasteiger partial charge is 0.326 e. The van der Waals surface area contributed by atoms with Crippen LogP contribution in [0.1, 0.15) is 31.7 Å². The molecule has 1 saturated heterocycles. The van der Waals surface area contributed by atoms with Crippen molar-refractivity contribution < 1.29 is 23.1 Å². The first-order chi connectivity index (χ1) is 11.3. The molecule has 1 fully saturated rings. The molecule has 0 spiro atoms. The Morgan fingerprint density at radius 2 is 1.92 bits per heavy atom. The van der Waals surface area contributed by atoms with E-state index in [4.69, 9.17) is 0 Å². The Balaban J connectivity index is 2.08. The predicted octanol–water partition coefficient (Wildman–Crippen LogP) is 0.993. The highest BCUT2D eigenvalue weighted by atomic mass is 32.2. The van der Waals surface area contributed by atoms with E-state index in [1.807, 2.05) is 0 Å². The fourth-order valence-corrected chi connectivity index (χ4v) is 3.86. The van der Waals surface area contributed by atoms with Crippen molar-refractivity contribution in [2.24, 2.45) is 0 Å². The first-order valence-corrected chi connectivity index (χ1v) is 9.44. The Hall–Kier alpha value is -1.93. The number of aliphatic carboxylic acids is 1. The molecule has 24 heavy (non-hydrogen) atoms. The number of piperidine rings is 1. The Labute approximate surface area is 141 Å². The Bertz CT molecular complexity index is 700. The zero-order valence-corrected chi connectivity index (χ0v) is 14.4. The van der Waals surface area contributed by atoms with Crippen LogP contribution < -0.4 is 4.72 Å². The summed E-state index contributed by atoms with van der Waals surface area (Å²) >= 11 is 0. The van der Waals surface area contributed by atoms with E-state index < -0.39 is 22.0 Å². The topological polar surface area (TPSA) is 104 Å². The van der Waals surface area contributed by atoms with Crippen LogP contribution in [0.2, 0.25) is 0 Å². The number of sulfonamides is 1. The maximum Gasteiger partial charge on any atom is 0.326 e. The molecule has 1 heterocycles. The number of hydrogen-bond donors (Lipinski definition) is 2. The fourth-order valence-electron chi connectivity index (χ4n) is 2.82. The molecule has 0 aromatic heterocycles. The zero-order valence-electron chi connectivity index (χ0n) is 13.6. The number of nitrogens with zero attached hydrogens (tertiary/aromatic N) is 1. The van der Waals surface area contributed by atoms with Crippen LogP contribution in [0.15, 0.2) is 29.2 Å². The van der Waals surface area contributed by atoms with E-state index in [1.165, 1.54) is 17.0 Å². The summed E-state index contributed by atoms with van der Waals surface area (Å²) in [5.41, 5.74) is 0.658. The average molecular weight is 354 g/mol. The summed E-state index contributed by atoms with van der Waals surface area (Å²) in [6, 6.07) is 5.31. The van der Waals surface area contributed by atoms with E-state index in [0.717, 1.165) is 12.8 Å². The van der Waals surface area contributed by atoms with E-state index in [9.17, 15) is 23.1 Å². The molecule has 0 aliphatic carbocycles. The van der Waals surface area contributed by atoms with Crippen molar-refractivity contribution in [1.29, 1.82) is 0 Å². The molecule has 1 aromatic rings.